The van der Waals surface area contributed by atoms with Gasteiger partial charge in [-0.25, -0.2) is 9.98 Å². The van der Waals surface area contributed by atoms with Crippen LogP contribution in [0.1, 0.15) is 23.7 Å². The highest BCUT2D eigenvalue weighted by molar-refractivity contribution is 8.13. The number of thioether (sulfide) groups is 1. The van der Waals surface area contributed by atoms with Gasteiger partial charge in [0.15, 0.2) is 5.17 Å². The molecule has 0 saturated heterocycles. The van der Waals surface area contributed by atoms with Gasteiger partial charge >= 0.3 is 0 Å². The summed E-state index contributed by atoms with van der Waals surface area (Å²) < 4.78 is 1.90. The molecule has 1 amide bonds. The summed E-state index contributed by atoms with van der Waals surface area (Å²) in [6.07, 6.45) is 6.34. The van der Waals surface area contributed by atoms with E-state index in [4.69, 9.17) is 5.73 Å². The van der Waals surface area contributed by atoms with Crippen molar-refractivity contribution in [2.75, 3.05) is 11.1 Å². The van der Waals surface area contributed by atoms with E-state index in [0.29, 0.717) is 16.4 Å². The molecule has 1 heterocycles. The van der Waals surface area contributed by atoms with Crippen molar-refractivity contribution in [3.63, 3.8) is 0 Å². The molecule has 0 aliphatic rings. The topological polar surface area (TPSA) is 85.3 Å². The van der Waals surface area contributed by atoms with Gasteiger partial charge in [0.25, 0.3) is 5.91 Å². The van der Waals surface area contributed by atoms with Crippen molar-refractivity contribution in [2.24, 2.45) is 10.7 Å². The maximum Gasteiger partial charge on any atom is 0.255 e. The van der Waals surface area contributed by atoms with Gasteiger partial charge in [-0.1, -0.05) is 24.8 Å². The molecule has 0 saturated carbocycles. The lowest BCUT2D eigenvalue weighted by Crippen LogP contribution is -2.12. The Morgan fingerprint density at radius 3 is 2.78 bits per heavy atom. The van der Waals surface area contributed by atoms with E-state index in [2.05, 4.69) is 22.2 Å². The number of hydrogen-bond donors (Lipinski definition) is 2. The number of carbonyl (C=O) groups excluding carboxylic acids is 1. The van der Waals surface area contributed by atoms with Crippen LogP contribution in [-0.2, 0) is 0 Å². The highest BCUT2D eigenvalue weighted by Crippen LogP contribution is 2.18. The van der Waals surface area contributed by atoms with Gasteiger partial charge in [-0.15, -0.1) is 0 Å². The summed E-state index contributed by atoms with van der Waals surface area (Å²) in [5.41, 5.74) is 8.79. The Kier molecular flexibility index (Phi) is 6.27. The second-order valence-corrected chi connectivity index (χ2v) is 6.93. The zero-order valence-electron chi connectivity index (χ0n) is 15.0. The summed E-state index contributed by atoms with van der Waals surface area (Å²) in [5, 5.41) is 3.40. The Balaban J connectivity index is 1.68. The molecule has 0 aliphatic carbocycles. The fourth-order valence-corrected chi connectivity index (χ4v) is 3.00. The molecule has 0 aliphatic heterocycles. The summed E-state index contributed by atoms with van der Waals surface area (Å²) in [4.78, 5) is 20.9. The van der Waals surface area contributed by atoms with Crippen molar-refractivity contribution < 1.29 is 4.79 Å². The van der Waals surface area contributed by atoms with Crippen LogP contribution < -0.4 is 11.1 Å². The fourth-order valence-electron chi connectivity index (χ4n) is 2.41. The van der Waals surface area contributed by atoms with Crippen LogP contribution in [-0.4, -0.2) is 26.4 Å². The number of carbonyl (C=O) groups is 1. The number of nitrogens with zero attached hydrogens (tertiary/aromatic N) is 3. The number of amidine groups is 1. The summed E-state index contributed by atoms with van der Waals surface area (Å²) in [6, 6.07) is 14.7. The average Bonchev–Trinajstić information content (AvgIpc) is 3.22. The van der Waals surface area contributed by atoms with Gasteiger partial charge in [0, 0.05) is 35.1 Å². The first kappa shape index (κ1) is 18.7. The number of aromatic nitrogens is 2. The molecule has 3 aromatic rings. The predicted octanol–water partition coefficient (Wildman–Crippen LogP) is 4.21. The van der Waals surface area contributed by atoms with E-state index < -0.39 is 0 Å². The monoisotopic (exact) mass is 379 g/mol. The molecule has 27 heavy (non-hydrogen) atoms. The summed E-state index contributed by atoms with van der Waals surface area (Å²) >= 11 is 1.51. The van der Waals surface area contributed by atoms with Crippen molar-refractivity contribution >= 4 is 34.2 Å². The maximum absolute atomic E-state index is 12.5. The number of benzene rings is 2. The zero-order chi connectivity index (χ0) is 19.1. The van der Waals surface area contributed by atoms with E-state index >= 15 is 0 Å². The Morgan fingerprint density at radius 1 is 1.26 bits per heavy atom. The van der Waals surface area contributed by atoms with Crippen LogP contribution in [0, 0.1) is 0 Å². The quantitative estimate of drug-likeness (QED) is 0.496. The van der Waals surface area contributed by atoms with Gasteiger partial charge in [-0.2, -0.15) is 0 Å². The normalized spacial score (nSPS) is 11.4. The minimum absolute atomic E-state index is 0.192. The third kappa shape index (κ3) is 5.21. The van der Waals surface area contributed by atoms with Crippen LogP contribution in [0.5, 0.6) is 0 Å². The molecular weight excluding hydrogens is 358 g/mol. The third-order valence-corrected chi connectivity index (χ3v) is 4.73. The first-order valence-corrected chi connectivity index (χ1v) is 9.61. The highest BCUT2D eigenvalue weighted by Gasteiger charge is 2.07. The minimum atomic E-state index is -0.192. The van der Waals surface area contributed by atoms with E-state index in [0.717, 1.165) is 23.5 Å². The average molecular weight is 379 g/mol. The molecule has 0 fully saturated rings. The van der Waals surface area contributed by atoms with Gasteiger partial charge < -0.3 is 15.6 Å². The number of anilines is 1. The van der Waals surface area contributed by atoms with Crippen LogP contribution in [0.3, 0.4) is 0 Å². The number of hydrogen-bond acceptors (Lipinski definition) is 4. The van der Waals surface area contributed by atoms with E-state index in [1.54, 1.807) is 30.7 Å². The Hall–Kier alpha value is -3.06. The van der Waals surface area contributed by atoms with Crippen molar-refractivity contribution in [1.82, 2.24) is 9.55 Å². The number of amides is 1. The Morgan fingerprint density at radius 2 is 2.07 bits per heavy atom. The second-order valence-electron chi connectivity index (χ2n) is 5.82. The molecule has 3 N–H and O–H groups in total. The van der Waals surface area contributed by atoms with Crippen LogP contribution in [0.4, 0.5) is 11.4 Å². The summed E-state index contributed by atoms with van der Waals surface area (Å²) in [5.74, 6) is 0.729. The van der Waals surface area contributed by atoms with Crippen molar-refractivity contribution in [3.05, 3.63) is 72.8 Å². The number of nitrogens with two attached hydrogens (primary N) is 1. The molecular formula is C20H21N5OS. The third-order valence-electron chi connectivity index (χ3n) is 3.73. The Bertz CT molecular complexity index is 920. The van der Waals surface area contributed by atoms with E-state index in [-0.39, 0.29) is 5.91 Å². The van der Waals surface area contributed by atoms with Crippen LogP contribution in [0.25, 0.3) is 5.69 Å². The maximum atomic E-state index is 12.5. The van der Waals surface area contributed by atoms with Gasteiger partial charge in [0.2, 0.25) is 0 Å². The molecule has 138 valence electrons. The number of imidazole rings is 1. The molecule has 0 bridgehead atoms. The van der Waals surface area contributed by atoms with Crippen molar-refractivity contribution in [1.29, 1.82) is 0 Å². The molecule has 2 aromatic carbocycles. The van der Waals surface area contributed by atoms with Crippen molar-refractivity contribution in [2.45, 2.75) is 13.3 Å². The summed E-state index contributed by atoms with van der Waals surface area (Å²) in [6.45, 7) is 2.09. The molecule has 0 unspecified atom stereocenters. The van der Waals surface area contributed by atoms with E-state index in [1.807, 2.05) is 41.1 Å². The van der Waals surface area contributed by atoms with Crippen LogP contribution in [0.2, 0.25) is 0 Å². The molecule has 3 rings (SSSR count). The SMILES string of the molecule is CCCSC(N)=Nc1cccc(C(=O)Nc2ccc(-n3ccnc3)cc2)c1. The molecule has 0 atom stereocenters. The highest BCUT2D eigenvalue weighted by atomic mass is 32.2. The van der Waals surface area contributed by atoms with Crippen LogP contribution >= 0.6 is 11.8 Å². The second kappa shape index (κ2) is 9.05. The van der Waals surface area contributed by atoms with Gasteiger partial charge in [-0.3, -0.25) is 4.79 Å². The van der Waals surface area contributed by atoms with Gasteiger partial charge in [0.1, 0.15) is 0 Å². The molecule has 7 heteroatoms. The molecule has 0 spiro atoms. The van der Waals surface area contributed by atoms with Crippen LogP contribution in [0.15, 0.2) is 72.2 Å². The van der Waals surface area contributed by atoms with Gasteiger partial charge in [-0.05, 0) is 48.9 Å². The first-order valence-electron chi connectivity index (χ1n) is 8.62. The fraction of sp³-hybridized carbons (Fsp3) is 0.150. The lowest BCUT2D eigenvalue weighted by molar-refractivity contribution is 0.102. The number of rotatable bonds is 6. The number of nitrogens with one attached hydrogen (secondary N) is 1. The first-order chi connectivity index (χ1) is 13.2. The van der Waals surface area contributed by atoms with E-state index in [1.165, 1.54) is 11.8 Å². The lowest BCUT2D eigenvalue weighted by atomic mass is 10.2. The lowest BCUT2D eigenvalue weighted by Gasteiger charge is -2.08. The van der Waals surface area contributed by atoms with Gasteiger partial charge in [0.05, 0.1) is 12.0 Å². The smallest absolute Gasteiger partial charge is 0.255 e. The van der Waals surface area contributed by atoms with E-state index in [9.17, 15) is 4.79 Å². The molecule has 6 nitrogen and oxygen atoms in total. The minimum Gasteiger partial charge on any atom is -0.378 e. The zero-order valence-corrected chi connectivity index (χ0v) is 15.8. The largest absolute Gasteiger partial charge is 0.378 e. The summed E-state index contributed by atoms with van der Waals surface area (Å²) in [7, 11) is 0. The molecule has 1 aromatic heterocycles. The Labute approximate surface area is 162 Å². The predicted molar refractivity (Wildman–Crippen MR) is 112 cm³/mol. The number of aliphatic imine (C=N–C) groups is 1. The van der Waals surface area contributed by atoms with Crippen molar-refractivity contribution in [3.8, 4) is 5.69 Å². The standard InChI is InChI=1S/C20H21N5OS/c1-2-12-27-20(21)24-17-5-3-4-15(13-17)19(26)23-16-6-8-18(9-7-16)25-11-10-22-14-25/h3-11,13-14H,2,12H2,1H3,(H2,21,24)(H,23,26). The molecule has 0 radical (unpaired) electrons.